The van der Waals surface area contributed by atoms with Crippen molar-refractivity contribution in [3.05, 3.63) is 23.8 Å². The van der Waals surface area contributed by atoms with Crippen molar-refractivity contribution in [3.8, 4) is 11.5 Å². The van der Waals surface area contributed by atoms with Crippen LogP contribution in [0.25, 0.3) is 0 Å². The minimum Gasteiger partial charge on any atom is -0.504 e. The molecule has 1 saturated heterocycles. The zero-order valence-corrected chi connectivity index (χ0v) is 12.6. The monoisotopic (exact) mass is 278 g/mol. The van der Waals surface area contributed by atoms with Crippen LogP contribution >= 0.6 is 0 Å². The van der Waals surface area contributed by atoms with Crippen molar-refractivity contribution in [1.29, 1.82) is 0 Å². The second-order valence-electron chi connectivity index (χ2n) is 5.58. The van der Waals surface area contributed by atoms with E-state index in [2.05, 4.69) is 17.1 Å². The van der Waals surface area contributed by atoms with Gasteiger partial charge in [-0.15, -0.1) is 0 Å². The van der Waals surface area contributed by atoms with Gasteiger partial charge in [-0.05, 0) is 50.6 Å². The van der Waals surface area contributed by atoms with Crippen LogP contribution in [0.1, 0.15) is 31.7 Å². The first-order valence-electron chi connectivity index (χ1n) is 7.51. The molecule has 1 heterocycles. The number of hydrogen-bond acceptors (Lipinski definition) is 4. The lowest BCUT2D eigenvalue weighted by molar-refractivity contribution is 0.170. The molecule has 4 nitrogen and oxygen atoms in total. The Morgan fingerprint density at radius 3 is 2.75 bits per heavy atom. The van der Waals surface area contributed by atoms with E-state index in [1.54, 1.807) is 13.2 Å². The third-order valence-corrected chi connectivity index (χ3v) is 4.03. The molecule has 4 heteroatoms. The number of aromatic hydroxyl groups is 1. The number of nitrogens with zero attached hydrogens (tertiary/aromatic N) is 1. The maximum atomic E-state index is 9.57. The van der Waals surface area contributed by atoms with Gasteiger partial charge in [0.25, 0.3) is 0 Å². The molecule has 2 rings (SSSR count). The SMILES string of the molecule is COc1cc(CNCC(C)N2CCCCC2)ccc1O. The van der Waals surface area contributed by atoms with Crippen molar-refractivity contribution in [1.82, 2.24) is 10.2 Å². The average molecular weight is 278 g/mol. The minimum atomic E-state index is 0.193. The molecule has 1 atom stereocenters. The first-order valence-corrected chi connectivity index (χ1v) is 7.51. The molecule has 0 aliphatic carbocycles. The van der Waals surface area contributed by atoms with E-state index in [0.29, 0.717) is 11.8 Å². The van der Waals surface area contributed by atoms with Crippen molar-refractivity contribution in [2.24, 2.45) is 0 Å². The second kappa shape index (κ2) is 7.50. The molecule has 0 bridgehead atoms. The molecular weight excluding hydrogens is 252 g/mol. The Hall–Kier alpha value is -1.26. The number of nitrogens with one attached hydrogen (secondary N) is 1. The largest absolute Gasteiger partial charge is 0.504 e. The van der Waals surface area contributed by atoms with Crippen molar-refractivity contribution < 1.29 is 9.84 Å². The predicted octanol–water partition coefficient (Wildman–Crippen LogP) is 2.36. The van der Waals surface area contributed by atoms with E-state index in [9.17, 15) is 5.11 Å². The van der Waals surface area contributed by atoms with Crippen LogP contribution in [0.5, 0.6) is 11.5 Å². The van der Waals surface area contributed by atoms with Crippen LogP contribution in [0.2, 0.25) is 0 Å². The molecule has 1 aliphatic heterocycles. The lowest BCUT2D eigenvalue weighted by atomic mass is 10.1. The Morgan fingerprint density at radius 1 is 1.30 bits per heavy atom. The number of ether oxygens (including phenoxy) is 1. The molecule has 1 aliphatic rings. The number of rotatable bonds is 6. The van der Waals surface area contributed by atoms with Gasteiger partial charge >= 0.3 is 0 Å². The molecule has 0 amide bonds. The van der Waals surface area contributed by atoms with E-state index in [-0.39, 0.29) is 5.75 Å². The number of hydrogen-bond donors (Lipinski definition) is 2. The predicted molar refractivity (Wildman–Crippen MR) is 81.3 cm³/mol. The highest BCUT2D eigenvalue weighted by Crippen LogP contribution is 2.26. The molecule has 20 heavy (non-hydrogen) atoms. The number of benzene rings is 1. The maximum Gasteiger partial charge on any atom is 0.160 e. The standard InChI is InChI=1S/C16H26N2O2/c1-13(18-8-4-3-5-9-18)11-17-12-14-6-7-15(19)16(10-14)20-2/h6-7,10,13,17,19H,3-5,8-9,11-12H2,1-2H3. The van der Waals surface area contributed by atoms with Crippen molar-refractivity contribution >= 4 is 0 Å². The Labute approximate surface area is 121 Å². The highest BCUT2D eigenvalue weighted by Gasteiger charge is 2.15. The van der Waals surface area contributed by atoms with E-state index in [0.717, 1.165) is 18.7 Å². The Kier molecular flexibility index (Phi) is 5.68. The second-order valence-corrected chi connectivity index (χ2v) is 5.58. The fourth-order valence-electron chi connectivity index (χ4n) is 2.75. The molecule has 0 saturated carbocycles. The highest BCUT2D eigenvalue weighted by atomic mass is 16.5. The van der Waals surface area contributed by atoms with Crippen LogP contribution in [-0.2, 0) is 6.54 Å². The molecule has 1 fully saturated rings. The van der Waals surface area contributed by atoms with Gasteiger partial charge in [0, 0.05) is 19.1 Å². The molecule has 1 unspecified atom stereocenters. The Balaban J connectivity index is 1.77. The third kappa shape index (κ3) is 4.12. The van der Waals surface area contributed by atoms with Gasteiger partial charge in [-0.1, -0.05) is 12.5 Å². The molecule has 1 aromatic rings. The van der Waals surface area contributed by atoms with Crippen LogP contribution < -0.4 is 10.1 Å². The normalized spacial score (nSPS) is 17.9. The van der Waals surface area contributed by atoms with Gasteiger partial charge in [-0.3, -0.25) is 4.90 Å². The van der Waals surface area contributed by atoms with E-state index >= 15 is 0 Å². The molecular formula is C16H26N2O2. The first kappa shape index (κ1) is 15.1. The fourth-order valence-corrected chi connectivity index (χ4v) is 2.75. The van der Waals surface area contributed by atoms with Gasteiger partial charge in [0.05, 0.1) is 7.11 Å². The molecule has 112 valence electrons. The van der Waals surface area contributed by atoms with Gasteiger partial charge in [0.1, 0.15) is 0 Å². The van der Waals surface area contributed by atoms with Crippen molar-refractivity contribution in [2.45, 2.75) is 38.8 Å². The summed E-state index contributed by atoms with van der Waals surface area (Å²) in [6.45, 7) is 6.54. The Bertz CT molecular complexity index is 417. The summed E-state index contributed by atoms with van der Waals surface area (Å²) in [5, 5.41) is 13.1. The summed E-state index contributed by atoms with van der Waals surface area (Å²) in [6, 6.07) is 6.07. The van der Waals surface area contributed by atoms with E-state index in [1.165, 1.54) is 32.4 Å². The molecule has 0 aromatic heterocycles. The first-order chi connectivity index (χ1) is 9.70. The summed E-state index contributed by atoms with van der Waals surface area (Å²) in [5.41, 5.74) is 1.13. The van der Waals surface area contributed by atoms with Crippen LogP contribution in [0, 0.1) is 0 Å². The van der Waals surface area contributed by atoms with Gasteiger partial charge in [-0.2, -0.15) is 0 Å². The molecule has 2 N–H and O–H groups in total. The minimum absolute atomic E-state index is 0.193. The third-order valence-electron chi connectivity index (χ3n) is 4.03. The fraction of sp³-hybridized carbons (Fsp3) is 0.625. The Morgan fingerprint density at radius 2 is 2.05 bits per heavy atom. The number of phenolic OH excluding ortho intramolecular Hbond substituents is 1. The van der Waals surface area contributed by atoms with Gasteiger partial charge in [0.15, 0.2) is 11.5 Å². The molecule has 1 aromatic carbocycles. The average Bonchev–Trinajstić information content (AvgIpc) is 2.49. The summed E-state index contributed by atoms with van der Waals surface area (Å²) in [5.74, 6) is 0.728. The topological polar surface area (TPSA) is 44.7 Å². The summed E-state index contributed by atoms with van der Waals surface area (Å²) in [4.78, 5) is 2.56. The number of methoxy groups -OCH3 is 1. The summed E-state index contributed by atoms with van der Waals surface area (Å²) < 4.78 is 5.12. The van der Waals surface area contributed by atoms with Crippen molar-refractivity contribution in [2.75, 3.05) is 26.7 Å². The van der Waals surface area contributed by atoms with Crippen LogP contribution in [0.3, 0.4) is 0 Å². The summed E-state index contributed by atoms with van der Waals surface area (Å²) >= 11 is 0. The lowest BCUT2D eigenvalue weighted by Crippen LogP contribution is -2.42. The molecule has 0 radical (unpaired) electrons. The number of piperidine rings is 1. The number of likely N-dealkylation sites (tertiary alicyclic amines) is 1. The van der Waals surface area contributed by atoms with Gasteiger partial charge < -0.3 is 15.2 Å². The zero-order chi connectivity index (χ0) is 14.4. The highest BCUT2D eigenvalue weighted by molar-refractivity contribution is 5.41. The smallest absolute Gasteiger partial charge is 0.160 e. The summed E-state index contributed by atoms with van der Waals surface area (Å²) in [7, 11) is 1.57. The van der Waals surface area contributed by atoms with Crippen LogP contribution in [0.4, 0.5) is 0 Å². The zero-order valence-electron chi connectivity index (χ0n) is 12.6. The lowest BCUT2D eigenvalue weighted by Gasteiger charge is -2.32. The molecule has 0 spiro atoms. The van der Waals surface area contributed by atoms with Crippen molar-refractivity contribution in [3.63, 3.8) is 0 Å². The van der Waals surface area contributed by atoms with E-state index in [1.807, 2.05) is 12.1 Å². The van der Waals surface area contributed by atoms with E-state index in [4.69, 9.17) is 4.74 Å². The van der Waals surface area contributed by atoms with Gasteiger partial charge in [0.2, 0.25) is 0 Å². The van der Waals surface area contributed by atoms with E-state index < -0.39 is 0 Å². The summed E-state index contributed by atoms with van der Waals surface area (Å²) in [6.07, 6.45) is 4.04. The maximum absolute atomic E-state index is 9.57. The van der Waals surface area contributed by atoms with Gasteiger partial charge in [-0.25, -0.2) is 0 Å². The number of phenols is 1. The van der Waals surface area contributed by atoms with Crippen LogP contribution in [0.15, 0.2) is 18.2 Å². The quantitative estimate of drug-likeness (QED) is 0.838. The van der Waals surface area contributed by atoms with Crippen LogP contribution in [-0.4, -0.2) is 42.8 Å².